The molecule has 0 atom stereocenters. The van der Waals surface area contributed by atoms with Crippen molar-refractivity contribution in [3.63, 3.8) is 0 Å². The lowest BCUT2D eigenvalue weighted by Crippen LogP contribution is -2.16. The molecular formula is C17H13N3O4S. The van der Waals surface area contributed by atoms with Crippen LogP contribution in [-0.4, -0.2) is 33.6 Å². The molecule has 7 nitrogen and oxygen atoms in total. The van der Waals surface area contributed by atoms with Crippen molar-refractivity contribution in [2.45, 2.75) is 13.0 Å². The predicted molar refractivity (Wildman–Crippen MR) is 92.1 cm³/mol. The van der Waals surface area contributed by atoms with E-state index < -0.39 is 11.9 Å². The number of carboxylic acid groups (broad SMARTS) is 1. The van der Waals surface area contributed by atoms with Crippen molar-refractivity contribution in [2.24, 2.45) is 0 Å². The third-order valence-corrected chi connectivity index (χ3v) is 5.19. The topological polar surface area (TPSA) is 101 Å². The number of nitrogens with zero attached hydrogens (tertiary/aromatic N) is 2. The van der Waals surface area contributed by atoms with Gasteiger partial charge in [-0.25, -0.2) is 9.78 Å². The molecule has 4 heterocycles. The van der Waals surface area contributed by atoms with Gasteiger partial charge in [0.2, 0.25) is 0 Å². The van der Waals surface area contributed by atoms with E-state index in [-0.39, 0.29) is 17.9 Å². The number of aromatic carboxylic acids is 1. The van der Waals surface area contributed by atoms with Crippen molar-refractivity contribution >= 4 is 39.1 Å². The number of rotatable bonds is 3. The number of carboxylic acids is 1. The molecule has 2 N–H and O–H groups in total. The number of hydrogen-bond donors (Lipinski definition) is 2. The summed E-state index contributed by atoms with van der Waals surface area (Å²) < 4.78 is 5.35. The Balaban J connectivity index is 1.68. The normalized spacial score (nSPS) is 13.4. The number of pyridine rings is 2. The molecule has 0 bridgehead atoms. The lowest BCUT2D eigenvalue weighted by atomic mass is 10.1. The Morgan fingerprint density at radius 3 is 3.00 bits per heavy atom. The second-order valence-corrected chi connectivity index (χ2v) is 6.64. The van der Waals surface area contributed by atoms with E-state index in [1.165, 1.54) is 11.3 Å². The highest BCUT2D eigenvalue weighted by atomic mass is 32.1. The van der Waals surface area contributed by atoms with Gasteiger partial charge in [0.25, 0.3) is 5.91 Å². The fourth-order valence-electron chi connectivity index (χ4n) is 2.78. The van der Waals surface area contributed by atoms with E-state index in [0.717, 1.165) is 10.3 Å². The summed E-state index contributed by atoms with van der Waals surface area (Å²) in [6, 6.07) is 5.19. The SMILES string of the molecule is O=C(Nc1sc2c(c1C(=O)O)COCC2)c1ccc2ccncc2n1. The van der Waals surface area contributed by atoms with Gasteiger partial charge in [0, 0.05) is 28.4 Å². The molecular weight excluding hydrogens is 342 g/mol. The molecule has 1 aliphatic rings. The second kappa shape index (κ2) is 6.23. The van der Waals surface area contributed by atoms with Crippen LogP contribution in [-0.2, 0) is 17.8 Å². The van der Waals surface area contributed by atoms with E-state index in [9.17, 15) is 14.7 Å². The highest BCUT2D eigenvalue weighted by Gasteiger charge is 2.26. The van der Waals surface area contributed by atoms with Gasteiger partial charge in [0.15, 0.2) is 0 Å². The zero-order chi connectivity index (χ0) is 17.4. The average Bonchev–Trinajstić information content (AvgIpc) is 2.99. The van der Waals surface area contributed by atoms with Crippen LogP contribution in [0.2, 0.25) is 0 Å². The number of carbonyl (C=O) groups is 2. The number of fused-ring (bicyclic) bond motifs is 2. The first-order valence-electron chi connectivity index (χ1n) is 7.61. The third kappa shape index (κ3) is 2.86. The van der Waals surface area contributed by atoms with Crippen LogP contribution in [0.3, 0.4) is 0 Å². The second-order valence-electron chi connectivity index (χ2n) is 5.53. The van der Waals surface area contributed by atoms with Crippen LogP contribution < -0.4 is 5.32 Å². The molecule has 3 aromatic rings. The first kappa shape index (κ1) is 15.7. The molecule has 0 saturated carbocycles. The number of nitrogens with one attached hydrogen (secondary N) is 1. The van der Waals surface area contributed by atoms with Gasteiger partial charge in [0.1, 0.15) is 10.7 Å². The minimum Gasteiger partial charge on any atom is -0.478 e. The average molecular weight is 355 g/mol. The van der Waals surface area contributed by atoms with Gasteiger partial charge in [-0.3, -0.25) is 9.78 Å². The molecule has 8 heteroatoms. The predicted octanol–water partition coefficient (Wildman–Crippen LogP) is 2.71. The molecule has 0 saturated heterocycles. The molecule has 126 valence electrons. The van der Waals surface area contributed by atoms with Gasteiger partial charge in [0.05, 0.1) is 30.5 Å². The lowest BCUT2D eigenvalue weighted by molar-refractivity contribution is 0.0685. The standard InChI is InChI=1S/C17H13N3O4S/c21-15(11-2-1-9-3-5-18-7-12(9)19-11)20-16-14(17(22)23)10-8-24-6-4-13(10)25-16/h1-3,5,7H,4,6,8H2,(H,20,21)(H,22,23). The number of hydrogen-bond acceptors (Lipinski definition) is 6. The number of ether oxygens (including phenoxy) is 1. The summed E-state index contributed by atoms with van der Waals surface area (Å²) in [5, 5.41) is 13.4. The van der Waals surface area contributed by atoms with Crippen molar-refractivity contribution in [3.05, 3.63) is 52.3 Å². The molecule has 0 spiro atoms. The Hall–Kier alpha value is -2.84. The van der Waals surface area contributed by atoms with Gasteiger partial charge >= 0.3 is 5.97 Å². The van der Waals surface area contributed by atoms with Gasteiger partial charge in [-0.2, -0.15) is 0 Å². The summed E-state index contributed by atoms with van der Waals surface area (Å²) in [6.45, 7) is 0.808. The minimum atomic E-state index is -1.08. The molecule has 0 radical (unpaired) electrons. The van der Waals surface area contributed by atoms with Crippen LogP contribution in [0, 0.1) is 0 Å². The van der Waals surface area contributed by atoms with Crippen molar-refractivity contribution in [1.29, 1.82) is 0 Å². The minimum absolute atomic E-state index is 0.107. The van der Waals surface area contributed by atoms with Crippen LogP contribution >= 0.6 is 11.3 Å². The Morgan fingerprint density at radius 1 is 1.28 bits per heavy atom. The van der Waals surface area contributed by atoms with E-state index in [2.05, 4.69) is 15.3 Å². The molecule has 0 fully saturated rings. The number of amides is 1. The summed E-state index contributed by atoms with van der Waals surface area (Å²) in [5.74, 6) is -1.53. The van der Waals surface area contributed by atoms with Gasteiger partial charge in [-0.15, -0.1) is 11.3 Å². The Labute approximate surface area is 146 Å². The van der Waals surface area contributed by atoms with Crippen molar-refractivity contribution in [2.75, 3.05) is 11.9 Å². The van der Waals surface area contributed by atoms with Crippen molar-refractivity contribution < 1.29 is 19.4 Å². The van der Waals surface area contributed by atoms with Crippen molar-refractivity contribution in [1.82, 2.24) is 9.97 Å². The van der Waals surface area contributed by atoms with E-state index in [0.29, 0.717) is 29.1 Å². The Bertz CT molecular complexity index is 999. The summed E-state index contributed by atoms with van der Waals surface area (Å²) >= 11 is 1.28. The monoisotopic (exact) mass is 355 g/mol. The fourth-order valence-corrected chi connectivity index (χ4v) is 3.95. The van der Waals surface area contributed by atoms with Crippen LogP contribution in [0.4, 0.5) is 5.00 Å². The zero-order valence-electron chi connectivity index (χ0n) is 13.0. The maximum Gasteiger partial charge on any atom is 0.339 e. The van der Waals surface area contributed by atoms with Crippen LogP contribution in [0.15, 0.2) is 30.6 Å². The number of aromatic nitrogens is 2. The van der Waals surface area contributed by atoms with E-state index in [1.54, 1.807) is 30.6 Å². The van der Waals surface area contributed by atoms with E-state index in [4.69, 9.17) is 4.74 Å². The van der Waals surface area contributed by atoms with Crippen LogP contribution in [0.5, 0.6) is 0 Å². The number of carbonyl (C=O) groups excluding carboxylic acids is 1. The van der Waals surface area contributed by atoms with Gasteiger partial charge in [-0.1, -0.05) is 6.07 Å². The first-order chi connectivity index (χ1) is 12.1. The quantitative estimate of drug-likeness (QED) is 0.749. The summed E-state index contributed by atoms with van der Waals surface area (Å²) in [5.41, 5.74) is 1.57. The highest BCUT2D eigenvalue weighted by Crippen LogP contribution is 2.36. The number of thiophene rings is 1. The third-order valence-electron chi connectivity index (χ3n) is 3.98. The first-order valence-corrected chi connectivity index (χ1v) is 8.43. The smallest absolute Gasteiger partial charge is 0.339 e. The highest BCUT2D eigenvalue weighted by molar-refractivity contribution is 7.17. The largest absolute Gasteiger partial charge is 0.478 e. The van der Waals surface area contributed by atoms with Crippen LogP contribution in [0.25, 0.3) is 10.9 Å². The lowest BCUT2D eigenvalue weighted by Gasteiger charge is -2.12. The maximum atomic E-state index is 12.5. The molecule has 1 aliphatic heterocycles. The molecule has 1 amide bonds. The summed E-state index contributed by atoms with van der Waals surface area (Å²) in [7, 11) is 0. The van der Waals surface area contributed by atoms with Gasteiger partial charge < -0.3 is 15.2 Å². The molecule has 0 aromatic carbocycles. The maximum absolute atomic E-state index is 12.5. The molecule has 0 aliphatic carbocycles. The molecule has 3 aromatic heterocycles. The zero-order valence-corrected chi connectivity index (χ0v) is 13.8. The fraction of sp³-hybridized carbons (Fsp3) is 0.176. The van der Waals surface area contributed by atoms with Gasteiger partial charge in [-0.05, 0) is 12.1 Å². The summed E-state index contributed by atoms with van der Waals surface area (Å²) in [6.07, 6.45) is 3.88. The van der Waals surface area contributed by atoms with E-state index in [1.807, 2.05) is 0 Å². The molecule has 4 rings (SSSR count). The Kier molecular flexibility index (Phi) is 3.90. The van der Waals surface area contributed by atoms with Crippen molar-refractivity contribution in [3.8, 4) is 0 Å². The number of anilines is 1. The summed E-state index contributed by atoms with van der Waals surface area (Å²) in [4.78, 5) is 33.4. The van der Waals surface area contributed by atoms with Crippen LogP contribution in [0.1, 0.15) is 31.3 Å². The molecule has 0 unspecified atom stereocenters. The molecule has 25 heavy (non-hydrogen) atoms. The van der Waals surface area contributed by atoms with E-state index >= 15 is 0 Å². The Morgan fingerprint density at radius 2 is 2.16 bits per heavy atom.